The SMILES string of the molecule is CN(Cc1ccncc1)CN(C)Cc1ccncc1. The van der Waals surface area contributed by atoms with Gasteiger partial charge in [0.15, 0.2) is 0 Å². The van der Waals surface area contributed by atoms with E-state index in [1.165, 1.54) is 11.1 Å². The summed E-state index contributed by atoms with van der Waals surface area (Å²) in [7, 11) is 4.26. The molecule has 2 rings (SSSR count). The fraction of sp³-hybridized carbons (Fsp3) is 0.333. The quantitative estimate of drug-likeness (QED) is 0.740. The lowest BCUT2D eigenvalue weighted by Gasteiger charge is -2.24. The second-order valence-corrected chi connectivity index (χ2v) is 4.88. The molecule has 0 unspecified atom stereocenters. The summed E-state index contributed by atoms with van der Waals surface area (Å²) in [5, 5.41) is 0. The standard InChI is InChI=1S/C15H20N4/c1-18(11-14-3-7-16-8-4-14)13-19(2)12-15-5-9-17-10-6-15/h3-10H,11-13H2,1-2H3. The van der Waals surface area contributed by atoms with Gasteiger partial charge in [0.2, 0.25) is 0 Å². The molecule has 0 N–H and O–H groups in total. The van der Waals surface area contributed by atoms with Gasteiger partial charge in [0.1, 0.15) is 0 Å². The van der Waals surface area contributed by atoms with Crippen LogP contribution in [0.4, 0.5) is 0 Å². The molecule has 2 aromatic heterocycles. The zero-order chi connectivity index (χ0) is 13.5. The minimum Gasteiger partial charge on any atom is -0.289 e. The van der Waals surface area contributed by atoms with Crippen LogP contribution in [-0.2, 0) is 13.1 Å². The largest absolute Gasteiger partial charge is 0.289 e. The first-order valence-electron chi connectivity index (χ1n) is 6.39. The van der Waals surface area contributed by atoms with E-state index in [2.05, 4.69) is 58.1 Å². The second-order valence-electron chi connectivity index (χ2n) is 4.88. The number of nitrogens with zero attached hydrogens (tertiary/aromatic N) is 4. The van der Waals surface area contributed by atoms with Crippen molar-refractivity contribution in [2.24, 2.45) is 0 Å². The maximum absolute atomic E-state index is 4.03. The number of hydrogen-bond acceptors (Lipinski definition) is 4. The van der Waals surface area contributed by atoms with Crippen molar-refractivity contribution in [2.75, 3.05) is 20.8 Å². The first-order chi connectivity index (χ1) is 9.24. The fourth-order valence-electron chi connectivity index (χ4n) is 2.11. The summed E-state index contributed by atoms with van der Waals surface area (Å²) < 4.78 is 0. The number of aromatic nitrogens is 2. The van der Waals surface area contributed by atoms with Crippen molar-refractivity contribution >= 4 is 0 Å². The first-order valence-corrected chi connectivity index (χ1v) is 6.39. The Morgan fingerprint density at radius 1 is 0.737 bits per heavy atom. The van der Waals surface area contributed by atoms with Crippen LogP contribution in [0.5, 0.6) is 0 Å². The Labute approximate surface area is 114 Å². The van der Waals surface area contributed by atoms with Crippen LogP contribution in [-0.4, -0.2) is 40.5 Å². The molecule has 2 aromatic rings. The number of hydrogen-bond donors (Lipinski definition) is 0. The number of pyridine rings is 2. The van der Waals surface area contributed by atoms with E-state index in [1.807, 2.05) is 24.8 Å². The molecule has 0 amide bonds. The van der Waals surface area contributed by atoms with Gasteiger partial charge in [-0.15, -0.1) is 0 Å². The van der Waals surface area contributed by atoms with E-state index in [4.69, 9.17) is 0 Å². The maximum Gasteiger partial charge on any atom is 0.0507 e. The van der Waals surface area contributed by atoms with Crippen LogP contribution in [0.25, 0.3) is 0 Å². The van der Waals surface area contributed by atoms with E-state index >= 15 is 0 Å². The molecule has 4 heteroatoms. The smallest absolute Gasteiger partial charge is 0.0507 e. The lowest BCUT2D eigenvalue weighted by Crippen LogP contribution is -2.32. The molecule has 0 saturated carbocycles. The molecule has 0 fully saturated rings. The normalized spacial score (nSPS) is 11.2. The van der Waals surface area contributed by atoms with E-state index in [9.17, 15) is 0 Å². The Bertz CT molecular complexity index is 427. The molecule has 4 nitrogen and oxygen atoms in total. The molecule has 0 spiro atoms. The molecular weight excluding hydrogens is 236 g/mol. The third kappa shape index (κ3) is 4.77. The van der Waals surface area contributed by atoms with Crippen LogP contribution >= 0.6 is 0 Å². The average Bonchev–Trinajstić information content (AvgIpc) is 2.40. The first kappa shape index (κ1) is 13.6. The molecule has 0 atom stereocenters. The van der Waals surface area contributed by atoms with Gasteiger partial charge in [0.05, 0.1) is 6.67 Å². The van der Waals surface area contributed by atoms with Gasteiger partial charge in [0, 0.05) is 37.9 Å². The highest BCUT2D eigenvalue weighted by Crippen LogP contribution is 2.04. The van der Waals surface area contributed by atoms with Gasteiger partial charge in [-0.2, -0.15) is 0 Å². The van der Waals surface area contributed by atoms with Crippen molar-refractivity contribution in [3.63, 3.8) is 0 Å². The Kier molecular flexibility index (Phi) is 5.01. The average molecular weight is 256 g/mol. The van der Waals surface area contributed by atoms with Crippen molar-refractivity contribution in [1.82, 2.24) is 19.8 Å². The Balaban J connectivity index is 1.80. The topological polar surface area (TPSA) is 32.3 Å². The summed E-state index contributed by atoms with van der Waals surface area (Å²) in [4.78, 5) is 12.6. The summed E-state index contributed by atoms with van der Waals surface area (Å²) in [6.45, 7) is 2.79. The van der Waals surface area contributed by atoms with Gasteiger partial charge in [-0.25, -0.2) is 0 Å². The molecule has 0 aliphatic heterocycles. The van der Waals surface area contributed by atoms with Gasteiger partial charge >= 0.3 is 0 Å². The van der Waals surface area contributed by atoms with Crippen molar-refractivity contribution < 1.29 is 0 Å². The van der Waals surface area contributed by atoms with E-state index in [1.54, 1.807) is 0 Å². The van der Waals surface area contributed by atoms with Crippen molar-refractivity contribution in [2.45, 2.75) is 13.1 Å². The van der Waals surface area contributed by atoms with Gasteiger partial charge in [-0.3, -0.25) is 19.8 Å². The van der Waals surface area contributed by atoms with Gasteiger partial charge in [0.25, 0.3) is 0 Å². The maximum atomic E-state index is 4.03. The summed E-state index contributed by atoms with van der Waals surface area (Å²) >= 11 is 0. The molecule has 0 aliphatic rings. The monoisotopic (exact) mass is 256 g/mol. The minimum absolute atomic E-state index is 0.921. The van der Waals surface area contributed by atoms with Crippen LogP contribution < -0.4 is 0 Å². The lowest BCUT2D eigenvalue weighted by molar-refractivity contribution is 0.171. The van der Waals surface area contributed by atoms with Crippen molar-refractivity contribution in [1.29, 1.82) is 0 Å². The number of rotatable bonds is 6. The molecule has 0 saturated heterocycles. The minimum atomic E-state index is 0.921. The Hall–Kier alpha value is -1.78. The van der Waals surface area contributed by atoms with Crippen molar-refractivity contribution in [3.05, 3.63) is 60.2 Å². The van der Waals surface area contributed by atoms with E-state index in [0.717, 1.165) is 19.8 Å². The molecule has 0 aromatic carbocycles. The highest BCUT2D eigenvalue weighted by Gasteiger charge is 2.05. The predicted octanol–water partition coefficient (Wildman–Crippen LogP) is 2.00. The Morgan fingerprint density at radius 2 is 1.11 bits per heavy atom. The summed E-state index contributed by atoms with van der Waals surface area (Å²) in [6, 6.07) is 8.22. The van der Waals surface area contributed by atoms with Crippen LogP contribution in [0.1, 0.15) is 11.1 Å². The molecule has 2 heterocycles. The molecule has 0 radical (unpaired) electrons. The van der Waals surface area contributed by atoms with Gasteiger partial charge in [-0.1, -0.05) is 0 Å². The van der Waals surface area contributed by atoms with E-state index in [-0.39, 0.29) is 0 Å². The van der Waals surface area contributed by atoms with Crippen molar-refractivity contribution in [3.8, 4) is 0 Å². The van der Waals surface area contributed by atoms with E-state index < -0.39 is 0 Å². The fourth-order valence-corrected chi connectivity index (χ4v) is 2.11. The molecule has 100 valence electrons. The predicted molar refractivity (Wildman–Crippen MR) is 76.3 cm³/mol. The van der Waals surface area contributed by atoms with Crippen LogP contribution in [0.15, 0.2) is 49.1 Å². The molecule has 0 bridgehead atoms. The summed E-state index contributed by atoms with van der Waals surface area (Å²) in [5.74, 6) is 0. The van der Waals surface area contributed by atoms with Crippen LogP contribution in [0, 0.1) is 0 Å². The Morgan fingerprint density at radius 3 is 1.47 bits per heavy atom. The second kappa shape index (κ2) is 6.97. The molecule has 0 aliphatic carbocycles. The highest BCUT2D eigenvalue weighted by molar-refractivity contribution is 5.10. The highest BCUT2D eigenvalue weighted by atomic mass is 15.3. The zero-order valence-corrected chi connectivity index (χ0v) is 11.5. The van der Waals surface area contributed by atoms with Crippen LogP contribution in [0.3, 0.4) is 0 Å². The lowest BCUT2D eigenvalue weighted by atomic mass is 10.2. The van der Waals surface area contributed by atoms with Gasteiger partial charge < -0.3 is 0 Å². The van der Waals surface area contributed by atoms with Gasteiger partial charge in [-0.05, 0) is 49.5 Å². The summed E-state index contributed by atoms with van der Waals surface area (Å²) in [5.41, 5.74) is 2.57. The third-order valence-electron chi connectivity index (χ3n) is 2.89. The molecule has 19 heavy (non-hydrogen) atoms. The third-order valence-corrected chi connectivity index (χ3v) is 2.89. The van der Waals surface area contributed by atoms with Crippen LogP contribution in [0.2, 0.25) is 0 Å². The summed E-state index contributed by atoms with van der Waals surface area (Å²) in [6.07, 6.45) is 7.35. The zero-order valence-electron chi connectivity index (χ0n) is 11.5. The molecular formula is C15H20N4. The van der Waals surface area contributed by atoms with E-state index in [0.29, 0.717) is 0 Å².